The number of nitrogens with one attached hydrogen (secondary N) is 1. The molecule has 7 heteroatoms. The van der Waals surface area contributed by atoms with Crippen LogP contribution in [-0.2, 0) is 33.5 Å². The molecule has 2 N–H and O–H groups in total. The lowest BCUT2D eigenvalue weighted by molar-refractivity contribution is -0.144. The Kier molecular flexibility index (Phi) is 8.83. The minimum Gasteiger partial charge on any atom is -0.480 e. The molecule has 1 aromatic carbocycles. The van der Waals surface area contributed by atoms with E-state index in [-0.39, 0.29) is 23.7 Å². The predicted octanol–water partition coefficient (Wildman–Crippen LogP) is 6.04. The summed E-state index contributed by atoms with van der Waals surface area (Å²) in [6.45, 7) is 11.0. The van der Waals surface area contributed by atoms with Crippen LogP contribution in [0.5, 0.6) is 0 Å². The summed E-state index contributed by atoms with van der Waals surface area (Å²) in [6.07, 6.45) is 7.87. The van der Waals surface area contributed by atoms with Gasteiger partial charge in [0.25, 0.3) is 0 Å². The van der Waals surface area contributed by atoms with Gasteiger partial charge >= 0.3 is 5.97 Å². The highest BCUT2D eigenvalue weighted by atomic mass is 16.5. The van der Waals surface area contributed by atoms with E-state index in [2.05, 4.69) is 55.3 Å². The van der Waals surface area contributed by atoms with E-state index in [1.807, 2.05) is 14.0 Å². The first-order chi connectivity index (χ1) is 19.1. The zero-order chi connectivity index (χ0) is 28.4. The van der Waals surface area contributed by atoms with Gasteiger partial charge < -0.3 is 19.9 Å². The maximum absolute atomic E-state index is 12.8. The second-order valence-corrected chi connectivity index (χ2v) is 12.8. The number of anilines is 1. The van der Waals surface area contributed by atoms with Crippen molar-refractivity contribution in [3.8, 4) is 0 Å². The average molecular weight is 550 g/mol. The van der Waals surface area contributed by atoms with Crippen molar-refractivity contribution in [2.75, 3.05) is 32.1 Å². The van der Waals surface area contributed by atoms with Gasteiger partial charge in [0.2, 0.25) is 0 Å². The molecular weight excluding hydrogens is 502 g/mol. The minimum atomic E-state index is -0.804. The van der Waals surface area contributed by atoms with Crippen LogP contribution >= 0.6 is 0 Å². The Bertz CT molecular complexity index is 1210. The number of aromatic nitrogens is 1. The van der Waals surface area contributed by atoms with Crippen molar-refractivity contribution in [2.24, 2.45) is 5.41 Å². The van der Waals surface area contributed by atoms with Gasteiger partial charge in [-0.05, 0) is 106 Å². The van der Waals surface area contributed by atoms with Crippen LogP contribution in [0.25, 0.3) is 0 Å². The van der Waals surface area contributed by atoms with Crippen LogP contribution in [0, 0.1) is 12.3 Å². The quantitative estimate of drug-likeness (QED) is 0.350. The molecule has 1 aliphatic carbocycles. The van der Waals surface area contributed by atoms with E-state index in [0.29, 0.717) is 6.61 Å². The lowest BCUT2D eigenvalue weighted by Crippen LogP contribution is -2.39. The number of carbonyl (C=O) groups is 1. The fraction of sp³-hybridized carbons (Fsp3) is 0.636. The normalized spacial score (nSPS) is 24.3. The molecule has 0 amide bonds. The number of carboxylic acids is 1. The SMILES string of the molecule is Cc1cc2c(c(C(C(=O)O)N(C)C3CC(OCCCCc4ccc5c(n4)NCCC5)C(C)(C)C3)c1)[C@H](C)OCC2. The van der Waals surface area contributed by atoms with Crippen LogP contribution in [0.15, 0.2) is 24.3 Å². The van der Waals surface area contributed by atoms with Gasteiger partial charge in [0.05, 0.1) is 18.8 Å². The molecule has 3 aliphatic rings. The number of aliphatic carboxylic acids is 1. The molecule has 3 unspecified atom stereocenters. The Morgan fingerprint density at radius 2 is 2.08 bits per heavy atom. The molecule has 2 aliphatic heterocycles. The number of aryl methyl sites for hydroxylation is 3. The van der Waals surface area contributed by atoms with Crippen molar-refractivity contribution in [1.82, 2.24) is 9.88 Å². The third-order valence-corrected chi connectivity index (χ3v) is 9.32. The van der Waals surface area contributed by atoms with Gasteiger partial charge in [-0.15, -0.1) is 0 Å². The summed E-state index contributed by atoms with van der Waals surface area (Å²) in [4.78, 5) is 19.7. The lowest BCUT2D eigenvalue weighted by atomic mass is 9.86. The topological polar surface area (TPSA) is 83.9 Å². The van der Waals surface area contributed by atoms with Crippen molar-refractivity contribution in [2.45, 2.75) is 103 Å². The largest absolute Gasteiger partial charge is 0.480 e. The fourth-order valence-corrected chi connectivity index (χ4v) is 7.13. The van der Waals surface area contributed by atoms with E-state index in [1.54, 1.807) is 0 Å². The van der Waals surface area contributed by atoms with Crippen molar-refractivity contribution in [3.05, 3.63) is 57.8 Å². The monoisotopic (exact) mass is 549 g/mol. The highest BCUT2D eigenvalue weighted by molar-refractivity contribution is 5.76. The van der Waals surface area contributed by atoms with E-state index in [1.165, 1.54) is 17.5 Å². The van der Waals surface area contributed by atoms with Crippen molar-refractivity contribution in [3.63, 3.8) is 0 Å². The molecule has 0 saturated heterocycles. The summed E-state index contributed by atoms with van der Waals surface area (Å²) in [5.41, 5.74) is 6.73. The smallest absolute Gasteiger partial charge is 0.325 e. The van der Waals surface area contributed by atoms with Gasteiger partial charge in [-0.1, -0.05) is 37.6 Å². The Morgan fingerprint density at radius 1 is 1.25 bits per heavy atom. The first-order valence-electron chi connectivity index (χ1n) is 15.2. The first-order valence-corrected chi connectivity index (χ1v) is 15.2. The number of carboxylic acid groups (broad SMARTS) is 1. The number of hydrogen-bond acceptors (Lipinski definition) is 6. The second-order valence-electron chi connectivity index (χ2n) is 12.8. The van der Waals surface area contributed by atoms with Gasteiger partial charge in [-0.2, -0.15) is 0 Å². The number of rotatable bonds is 10. The zero-order valence-electron chi connectivity index (χ0n) is 25.0. The summed E-state index contributed by atoms with van der Waals surface area (Å²) in [5, 5.41) is 13.9. The summed E-state index contributed by atoms with van der Waals surface area (Å²) >= 11 is 0. The Labute approximate surface area is 239 Å². The summed E-state index contributed by atoms with van der Waals surface area (Å²) in [6, 6.07) is 8.06. The van der Waals surface area contributed by atoms with Crippen LogP contribution in [0.1, 0.15) is 98.5 Å². The minimum absolute atomic E-state index is 0.0177. The maximum atomic E-state index is 12.8. The summed E-state index contributed by atoms with van der Waals surface area (Å²) in [7, 11) is 1.98. The summed E-state index contributed by atoms with van der Waals surface area (Å²) < 4.78 is 12.4. The molecule has 5 rings (SSSR count). The standard InChI is InChI=1S/C33H47N3O4/c1-21-17-24-13-16-39-22(2)29(24)27(18-21)30(32(37)38)36(5)26-19-28(33(3,4)20-26)40-15-7-6-10-25-12-11-23-9-8-14-34-31(23)35-25/h11-12,17-18,22,26,28,30H,6-10,13-16,19-20H2,1-5H3,(H,34,35)(H,37,38)/t22-,26?,28?,30?/m0/s1. The molecule has 2 aromatic rings. The van der Waals surface area contributed by atoms with Crippen molar-refractivity contribution in [1.29, 1.82) is 0 Å². The van der Waals surface area contributed by atoms with E-state index < -0.39 is 12.0 Å². The number of unbranched alkanes of at least 4 members (excludes halogenated alkanes) is 1. The molecule has 218 valence electrons. The second kappa shape index (κ2) is 12.2. The highest BCUT2D eigenvalue weighted by Crippen LogP contribution is 2.45. The van der Waals surface area contributed by atoms with E-state index in [9.17, 15) is 9.90 Å². The average Bonchev–Trinajstić information content (AvgIpc) is 3.22. The zero-order valence-corrected chi connectivity index (χ0v) is 25.0. The third-order valence-electron chi connectivity index (χ3n) is 9.32. The first kappa shape index (κ1) is 29.0. The number of nitrogens with zero attached hydrogens (tertiary/aromatic N) is 2. The molecule has 40 heavy (non-hydrogen) atoms. The Balaban J connectivity index is 1.19. The van der Waals surface area contributed by atoms with Gasteiger partial charge in [-0.3, -0.25) is 9.69 Å². The number of hydrogen-bond donors (Lipinski definition) is 2. The number of pyridine rings is 1. The Morgan fingerprint density at radius 3 is 2.88 bits per heavy atom. The molecule has 7 nitrogen and oxygen atoms in total. The van der Waals surface area contributed by atoms with Crippen LogP contribution in [-0.4, -0.2) is 59.9 Å². The van der Waals surface area contributed by atoms with E-state index in [0.717, 1.165) is 86.3 Å². The van der Waals surface area contributed by atoms with Crippen LogP contribution < -0.4 is 5.32 Å². The molecule has 1 saturated carbocycles. The molecule has 3 heterocycles. The lowest BCUT2D eigenvalue weighted by Gasteiger charge is -2.35. The van der Waals surface area contributed by atoms with Gasteiger partial charge in [-0.25, -0.2) is 4.98 Å². The van der Waals surface area contributed by atoms with Crippen LogP contribution in [0.3, 0.4) is 0 Å². The fourth-order valence-electron chi connectivity index (χ4n) is 7.13. The van der Waals surface area contributed by atoms with Crippen molar-refractivity contribution >= 4 is 11.8 Å². The number of benzene rings is 1. The number of ether oxygens (including phenoxy) is 2. The Hall–Kier alpha value is -2.48. The third kappa shape index (κ3) is 6.22. The summed E-state index contributed by atoms with van der Waals surface area (Å²) in [5.74, 6) is 0.261. The van der Waals surface area contributed by atoms with Gasteiger partial charge in [0.1, 0.15) is 11.9 Å². The molecule has 0 spiro atoms. The molecular formula is C33H47N3O4. The van der Waals surface area contributed by atoms with Crippen molar-refractivity contribution < 1.29 is 19.4 Å². The molecule has 0 radical (unpaired) electrons. The predicted molar refractivity (Wildman–Crippen MR) is 158 cm³/mol. The van der Waals surface area contributed by atoms with Gasteiger partial charge in [0.15, 0.2) is 0 Å². The maximum Gasteiger partial charge on any atom is 0.325 e. The van der Waals surface area contributed by atoms with Crippen LogP contribution in [0.4, 0.5) is 5.82 Å². The molecule has 1 fully saturated rings. The van der Waals surface area contributed by atoms with Gasteiger partial charge in [0, 0.05) is 24.9 Å². The molecule has 4 atom stereocenters. The van der Waals surface area contributed by atoms with E-state index in [4.69, 9.17) is 14.5 Å². The van der Waals surface area contributed by atoms with E-state index >= 15 is 0 Å². The molecule has 0 bridgehead atoms. The number of likely N-dealkylation sites (N-methyl/N-ethyl adjacent to an activating group) is 1. The highest BCUT2D eigenvalue weighted by Gasteiger charge is 2.45. The number of fused-ring (bicyclic) bond motifs is 2. The van der Waals surface area contributed by atoms with Crippen LogP contribution in [0.2, 0.25) is 0 Å². The molecule has 1 aromatic heterocycles.